The molecule has 3 aromatic rings. The maximum atomic E-state index is 13.5. The van der Waals surface area contributed by atoms with E-state index >= 15 is 0 Å². The van der Waals surface area contributed by atoms with Crippen LogP contribution in [-0.4, -0.2) is 34.2 Å². The fourth-order valence-corrected chi connectivity index (χ4v) is 4.73. The van der Waals surface area contributed by atoms with E-state index in [9.17, 15) is 14.4 Å². The van der Waals surface area contributed by atoms with Crippen molar-refractivity contribution in [3.8, 4) is 0 Å². The molecule has 2 heterocycles. The molecule has 1 aliphatic heterocycles. The summed E-state index contributed by atoms with van der Waals surface area (Å²) in [6.45, 7) is 1.63. The van der Waals surface area contributed by atoms with Gasteiger partial charge in [0, 0.05) is 5.70 Å². The van der Waals surface area contributed by atoms with Gasteiger partial charge in [-0.1, -0.05) is 42.5 Å². The first-order valence-electron chi connectivity index (χ1n) is 11.6. The van der Waals surface area contributed by atoms with Crippen molar-refractivity contribution in [2.75, 3.05) is 6.54 Å². The molecule has 4 amide bonds. The Balaban J connectivity index is 1.39. The molecule has 2 aliphatic rings. The molecule has 5 rings (SSSR count). The number of nitrogens with one attached hydrogen (secondary N) is 1. The molecule has 34 heavy (non-hydrogen) atoms. The summed E-state index contributed by atoms with van der Waals surface area (Å²) >= 11 is 0. The van der Waals surface area contributed by atoms with Gasteiger partial charge in [0.25, 0.3) is 5.91 Å². The summed E-state index contributed by atoms with van der Waals surface area (Å²) < 4.78 is 5.46. The number of benzene rings is 2. The van der Waals surface area contributed by atoms with E-state index in [0.717, 1.165) is 47.1 Å². The van der Waals surface area contributed by atoms with Crippen molar-refractivity contribution in [1.82, 2.24) is 15.1 Å². The number of hydrogen-bond donors (Lipinski definition) is 1. The molecule has 0 unspecified atom stereocenters. The van der Waals surface area contributed by atoms with Gasteiger partial charge in [0.05, 0.1) is 12.8 Å². The first kappa shape index (κ1) is 21.9. The van der Waals surface area contributed by atoms with Crippen LogP contribution in [-0.2, 0) is 21.7 Å². The third-order valence-corrected chi connectivity index (χ3v) is 6.70. The molecule has 0 saturated carbocycles. The number of furan rings is 1. The van der Waals surface area contributed by atoms with Crippen LogP contribution in [0, 0.1) is 0 Å². The van der Waals surface area contributed by atoms with Crippen molar-refractivity contribution in [2.24, 2.45) is 0 Å². The van der Waals surface area contributed by atoms with Crippen LogP contribution in [0.4, 0.5) is 4.79 Å². The number of nitrogens with zero attached hydrogens (tertiary/aromatic N) is 2. The van der Waals surface area contributed by atoms with Crippen LogP contribution in [0.5, 0.6) is 0 Å². The zero-order chi connectivity index (χ0) is 23.7. The van der Waals surface area contributed by atoms with E-state index in [1.807, 2.05) is 48.5 Å². The number of carbonyl (C=O) groups is 3. The Bertz CT molecular complexity index is 1280. The number of fused-ring (bicyclic) bond motifs is 1. The second-order valence-corrected chi connectivity index (χ2v) is 9.01. The molecule has 1 N–H and O–H groups in total. The summed E-state index contributed by atoms with van der Waals surface area (Å²) in [5.74, 6) is -0.0921. The molecule has 1 fully saturated rings. The molecule has 174 valence electrons. The zero-order valence-electron chi connectivity index (χ0n) is 19.1. The van der Waals surface area contributed by atoms with Gasteiger partial charge in [0.1, 0.15) is 17.8 Å². The van der Waals surface area contributed by atoms with Gasteiger partial charge in [-0.3, -0.25) is 14.5 Å². The molecular weight excluding hydrogens is 430 g/mol. The lowest BCUT2D eigenvalue weighted by Gasteiger charge is -2.28. The zero-order valence-corrected chi connectivity index (χ0v) is 19.1. The normalized spacial score (nSPS) is 20.4. The van der Waals surface area contributed by atoms with Crippen molar-refractivity contribution in [1.29, 1.82) is 0 Å². The molecule has 1 aromatic heterocycles. The second-order valence-electron chi connectivity index (χ2n) is 9.01. The summed E-state index contributed by atoms with van der Waals surface area (Å²) in [6.07, 6.45) is 7.40. The van der Waals surface area contributed by atoms with Crippen molar-refractivity contribution >= 4 is 28.6 Å². The Morgan fingerprint density at radius 1 is 1.09 bits per heavy atom. The lowest BCUT2D eigenvalue weighted by atomic mass is 9.90. The average Bonchev–Trinajstić information content (AvgIpc) is 3.45. The first-order chi connectivity index (χ1) is 16.5. The first-order valence-corrected chi connectivity index (χ1v) is 11.6. The second kappa shape index (κ2) is 8.82. The van der Waals surface area contributed by atoms with E-state index in [0.29, 0.717) is 11.3 Å². The molecular formula is C27H27N3O4. The van der Waals surface area contributed by atoms with Gasteiger partial charge >= 0.3 is 6.03 Å². The van der Waals surface area contributed by atoms with Gasteiger partial charge in [-0.25, -0.2) is 4.79 Å². The molecule has 0 radical (unpaired) electrons. The van der Waals surface area contributed by atoms with E-state index in [2.05, 4.69) is 11.4 Å². The fourth-order valence-electron chi connectivity index (χ4n) is 4.73. The minimum Gasteiger partial charge on any atom is -0.467 e. The van der Waals surface area contributed by atoms with Crippen molar-refractivity contribution in [2.45, 2.75) is 44.7 Å². The quantitative estimate of drug-likeness (QED) is 0.545. The van der Waals surface area contributed by atoms with Gasteiger partial charge in [-0.2, -0.15) is 0 Å². The predicted molar refractivity (Wildman–Crippen MR) is 127 cm³/mol. The van der Waals surface area contributed by atoms with Crippen molar-refractivity contribution in [3.63, 3.8) is 0 Å². The van der Waals surface area contributed by atoms with E-state index in [4.69, 9.17) is 4.42 Å². The smallest absolute Gasteiger partial charge is 0.325 e. The van der Waals surface area contributed by atoms with Gasteiger partial charge < -0.3 is 14.6 Å². The van der Waals surface area contributed by atoms with Gasteiger partial charge in [0.15, 0.2) is 0 Å². The number of amides is 4. The highest BCUT2D eigenvalue weighted by molar-refractivity contribution is 6.09. The van der Waals surface area contributed by atoms with Crippen molar-refractivity contribution in [3.05, 3.63) is 84.0 Å². The van der Waals surface area contributed by atoms with Crippen LogP contribution in [0.3, 0.4) is 0 Å². The summed E-state index contributed by atoms with van der Waals surface area (Å²) in [7, 11) is 0. The Labute approximate surface area is 198 Å². The van der Waals surface area contributed by atoms with E-state index in [1.165, 1.54) is 0 Å². The fraction of sp³-hybridized carbons (Fsp3) is 0.296. The van der Waals surface area contributed by atoms with Crippen LogP contribution in [0.15, 0.2) is 77.1 Å². The molecule has 1 aliphatic carbocycles. The molecule has 0 bridgehead atoms. The minimum atomic E-state index is -1.24. The maximum Gasteiger partial charge on any atom is 0.325 e. The summed E-state index contributed by atoms with van der Waals surface area (Å²) in [5, 5.41) is 4.84. The summed E-state index contributed by atoms with van der Waals surface area (Å²) in [5.41, 5.74) is 0.357. The SMILES string of the molecule is C[C@]1(c2ccc3ccccc3c2)NC(=O)N(CC(=O)N(Cc2ccco2)C2=CCCCC2)C1=O. The van der Waals surface area contributed by atoms with Gasteiger partial charge in [-0.05, 0) is 67.1 Å². The number of urea groups is 1. The predicted octanol–water partition coefficient (Wildman–Crippen LogP) is 4.69. The highest BCUT2D eigenvalue weighted by atomic mass is 16.3. The number of rotatable bonds is 6. The third-order valence-electron chi connectivity index (χ3n) is 6.70. The van der Waals surface area contributed by atoms with Crippen LogP contribution in [0.2, 0.25) is 0 Å². The van der Waals surface area contributed by atoms with Gasteiger partial charge in [0.2, 0.25) is 5.91 Å². The maximum absolute atomic E-state index is 13.5. The minimum absolute atomic E-state index is 0.267. The van der Waals surface area contributed by atoms with Crippen LogP contribution < -0.4 is 5.32 Å². The molecule has 1 saturated heterocycles. The van der Waals surface area contributed by atoms with Crippen LogP contribution in [0.1, 0.15) is 43.9 Å². The molecule has 7 heteroatoms. The largest absolute Gasteiger partial charge is 0.467 e. The Morgan fingerprint density at radius 3 is 2.65 bits per heavy atom. The highest BCUT2D eigenvalue weighted by Gasteiger charge is 2.50. The monoisotopic (exact) mass is 457 g/mol. The molecule has 0 spiro atoms. The topological polar surface area (TPSA) is 82.9 Å². The third kappa shape index (κ3) is 3.98. The van der Waals surface area contributed by atoms with Crippen molar-refractivity contribution < 1.29 is 18.8 Å². The lowest BCUT2D eigenvalue weighted by molar-refractivity contribution is -0.138. The number of imide groups is 1. The van der Waals surface area contributed by atoms with E-state index in [1.54, 1.807) is 24.2 Å². The van der Waals surface area contributed by atoms with Gasteiger partial charge in [-0.15, -0.1) is 0 Å². The van der Waals surface area contributed by atoms with Crippen LogP contribution in [0.25, 0.3) is 10.8 Å². The Hall–Kier alpha value is -3.87. The number of allylic oxidation sites excluding steroid dienone is 2. The number of carbonyl (C=O) groups excluding carboxylic acids is 3. The standard InChI is InChI=1S/C27H27N3O4/c1-27(21-14-13-19-8-5-6-9-20(19)16-21)25(32)30(26(33)28-27)18-24(31)29(17-23-12-7-15-34-23)22-10-3-2-4-11-22/h5-10,12-16H,2-4,11,17-18H2,1H3,(H,28,33)/t27-/m1/s1. The van der Waals surface area contributed by atoms with E-state index < -0.39 is 17.5 Å². The molecule has 7 nitrogen and oxygen atoms in total. The summed E-state index contributed by atoms with van der Waals surface area (Å²) in [6, 6.07) is 16.6. The Kier molecular flexibility index (Phi) is 5.69. The number of hydrogen-bond acceptors (Lipinski definition) is 4. The van der Waals surface area contributed by atoms with E-state index in [-0.39, 0.29) is 19.0 Å². The van der Waals surface area contributed by atoms with Crippen LogP contribution >= 0.6 is 0 Å². The average molecular weight is 458 g/mol. The lowest BCUT2D eigenvalue weighted by Crippen LogP contribution is -2.44. The molecule has 1 atom stereocenters. The Morgan fingerprint density at radius 2 is 1.91 bits per heavy atom. The summed E-state index contributed by atoms with van der Waals surface area (Å²) in [4.78, 5) is 42.4. The highest BCUT2D eigenvalue weighted by Crippen LogP contribution is 2.31. The molecule has 2 aromatic carbocycles.